The van der Waals surface area contributed by atoms with Gasteiger partial charge in [-0.3, -0.25) is 4.79 Å². The summed E-state index contributed by atoms with van der Waals surface area (Å²) in [5.41, 5.74) is 6.96. The number of hydrogen-bond donors (Lipinski definition) is 1. The molecular formula is C12H15NO. The molecular weight excluding hydrogens is 174 g/mol. The van der Waals surface area contributed by atoms with Crippen molar-refractivity contribution in [3.63, 3.8) is 0 Å². The van der Waals surface area contributed by atoms with Gasteiger partial charge in [0, 0.05) is 5.57 Å². The van der Waals surface area contributed by atoms with Crippen LogP contribution >= 0.6 is 0 Å². The Balaban J connectivity index is 2.82. The van der Waals surface area contributed by atoms with E-state index in [1.54, 1.807) is 6.92 Å². The standard InChI is InChI=1S/C12H15NO/c1-9(8-10(2)12(13)14)11-6-4-3-5-7-11/h3-9H,1-2H3,(H2,13,14). The molecule has 0 spiro atoms. The van der Waals surface area contributed by atoms with Gasteiger partial charge in [-0.1, -0.05) is 43.3 Å². The maximum atomic E-state index is 10.8. The molecule has 0 aliphatic heterocycles. The van der Waals surface area contributed by atoms with E-state index < -0.39 is 0 Å². The number of carbonyl (C=O) groups is 1. The van der Waals surface area contributed by atoms with Gasteiger partial charge in [0.15, 0.2) is 0 Å². The van der Waals surface area contributed by atoms with Gasteiger partial charge in [-0.05, 0) is 18.4 Å². The van der Waals surface area contributed by atoms with Crippen molar-refractivity contribution < 1.29 is 4.79 Å². The normalized spacial score (nSPS) is 13.7. The van der Waals surface area contributed by atoms with Gasteiger partial charge < -0.3 is 5.73 Å². The topological polar surface area (TPSA) is 43.1 Å². The van der Waals surface area contributed by atoms with E-state index in [0.717, 1.165) is 0 Å². The van der Waals surface area contributed by atoms with Crippen molar-refractivity contribution in [1.82, 2.24) is 0 Å². The summed E-state index contributed by atoms with van der Waals surface area (Å²) in [7, 11) is 0. The zero-order chi connectivity index (χ0) is 10.6. The highest BCUT2D eigenvalue weighted by atomic mass is 16.1. The Hall–Kier alpha value is -1.57. The molecule has 2 nitrogen and oxygen atoms in total. The minimum Gasteiger partial charge on any atom is -0.366 e. The van der Waals surface area contributed by atoms with E-state index in [2.05, 4.69) is 0 Å². The van der Waals surface area contributed by atoms with E-state index in [-0.39, 0.29) is 11.8 Å². The first-order valence-electron chi connectivity index (χ1n) is 4.64. The average molecular weight is 189 g/mol. The van der Waals surface area contributed by atoms with Crippen LogP contribution in [0.25, 0.3) is 0 Å². The second kappa shape index (κ2) is 4.61. The van der Waals surface area contributed by atoms with E-state index in [0.29, 0.717) is 5.57 Å². The van der Waals surface area contributed by atoms with Crippen LogP contribution in [0.5, 0.6) is 0 Å². The highest BCUT2D eigenvalue weighted by molar-refractivity contribution is 5.91. The van der Waals surface area contributed by atoms with Gasteiger partial charge in [0.05, 0.1) is 0 Å². The lowest BCUT2D eigenvalue weighted by Gasteiger charge is -2.07. The SMILES string of the molecule is CC(=CC(C)c1ccccc1)C(N)=O. The molecule has 1 aromatic rings. The fourth-order valence-electron chi connectivity index (χ4n) is 1.31. The molecule has 1 amide bonds. The molecule has 1 aromatic carbocycles. The molecule has 1 atom stereocenters. The van der Waals surface area contributed by atoms with E-state index in [1.165, 1.54) is 5.56 Å². The van der Waals surface area contributed by atoms with Crippen LogP contribution < -0.4 is 5.73 Å². The third-order valence-electron chi connectivity index (χ3n) is 2.21. The number of rotatable bonds is 3. The van der Waals surface area contributed by atoms with Crippen LogP contribution in [0.4, 0.5) is 0 Å². The van der Waals surface area contributed by atoms with Crippen molar-refractivity contribution in [2.75, 3.05) is 0 Å². The lowest BCUT2D eigenvalue weighted by atomic mass is 9.99. The smallest absolute Gasteiger partial charge is 0.244 e. The van der Waals surface area contributed by atoms with Crippen LogP contribution in [0.2, 0.25) is 0 Å². The molecule has 2 N–H and O–H groups in total. The Morgan fingerprint density at radius 3 is 2.43 bits per heavy atom. The number of nitrogens with two attached hydrogens (primary N) is 1. The molecule has 1 rings (SSSR count). The molecule has 0 saturated heterocycles. The number of amides is 1. The second-order valence-corrected chi connectivity index (χ2v) is 3.41. The molecule has 0 heterocycles. The number of carbonyl (C=O) groups excluding carboxylic acids is 1. The van der Waals surface area contributed by atoms with Crippen LogP contribution in [0.1, 0.15) is 25.3 Å². The van der Waals surface area contributed by atoms with Gasteiger partial charge in [0.1, 0.15) is 0 Å². The first kappa shape index (κ1) is 10.5. The van der Waals surface area contributed by atoms with Crippen LogP contribution in [0.3, 0.4) is 0 Å². The summed E-state index contributed by atoms with van der Waals surface area (Å²) in [5.74, 6) is -0.128. The van der Waals surface area contributed by atoms with E-state index in [4.69, 9.17) is 5.73 Å². The Morgan fingerprint density at radius 2 is 1.93 bits per heavy atom. The summed E-state index contributed by atoms with van der Waals surface area (Å²) in [6.45, 7) is 3.78. The van der Waals surface area contributed by atoms with E-state index in [9.17, 15) is 4.79 Å². The minimum absolute atomic E-state index is 0.226. The largest absolute Gasteiger partial charge is 0.366 e. The Morgan fingerprint density at radius 1 is 1.36 bits per heavy atom. The summed E-state index contributed by atoms with van der Waals surface area (Å²) in [4.78, 5) is 10.8. The molecule has 0 aromatic heterocycles. The summed E-state index contributed by atoms with van der Waals surface area (Å²) >= 11 is 0. The zero-order valence-corrected chi connectivity index (χ0v) is 8.53. The van der Waals surface area contributed by atoms with Crippen LogP contribution in [0, 0.1) is 0 Å². The van der Waals surface area contributed by atoms with Gasteiger partial charge in [-0.25, -0.2) is 0 Å². The summed E-state index contributed by atoms with van der Waals surface area (Å²) < 4.78 is 0. The summed E-state index contributed by atoms with van der Waals surface area (Å²) in [5, 5.41) is 0. The van der Waals surface area contributed by atoms with Crippen LogP contribution in [-0.2, 0) is 4.79 Å². The first-order valence-corrected chi connectivity index (χ1v) is 4.64. The van der Waals surface area contributed by atoms with Crippen LogP contribution in [0.15, 0.2) is 42.0 Å². The fourth-order valence-corrected chi connectivity index (χ4v) is 1.31. The van der Waals surface area contributed by atoms with E-state index in [1.807, 2.05) is 43.3 Å². The number of hydrogen-bond acceptors (Lipinski definition) is 1. The molecule has 2 heteroatoms. The predicted molar refractivity (Wildman–Crippen MR) is 57.8 cm³/mol. The summed E-state index contributed by atoms with van der Waals surface area (Å²) in [6, 6.07) is 10.0. The Kier molecular flexibility index (Phi) is 3.46. The molecule has 0 fully saturated rings. The minimum atomic E-state index is -0.354. The van der Waals surface area contributed by atoms with Crippen molar-refractivity contribution in [1.29, 1.82) is 0 Å². The van der Waals surface area contributed by atoms with Crippen LogP contribution in [-0.4, -0.2) is 5.91 Å². The third-order valence-corrected chi connectivity index (χ3v) is 2.21. The maximum Gasteiger partial charge on any atom is 0.244 e. The van der Waals surface area contributed by atoms with Crippen molar-refractivity contribution in [3.05, 3.63) is 47.5 Å². The second-order valence-electron chi connectivity index (χ2n) is 3.41. The molecule has 1 unspecified atom stereocenters. The third kappa shape index (κ3) is 2.73. The lowest BCUT2D eigenvalue weighted by Crippen LogP contribution is -2.12. The molecule has 0 aliphatic rings. The van der Waals surface area contributed by atoms with Gasteiger partial charge in [-0.2, -0.15) is 0 Å². The lowest BCUT2D eigenvalue weighted by molar-refractivity contribution is -0.114. The molecule has 74 valence electrons. The maximum absolute atomic E-state index is 10.8. The molecule has 0 bridgehead atoms. The van der Waals surface area contributed by atoms with Crippen molar-refractivity contribution in [2.24, 2.45) is 5.73 Å². The van der Waals surface area contributed by atoms with Gasteiger partial charge in [0.25, 0.3) is 0 Å². The Labute approximate surface area is 84.4 Å². The molecule has 0 radical (unpaired) electrons. The van der Waals surface area contributed by atoms with Crippen molar-refractivity contribution in [2.45, 2.75) is 19.8 Å². The molecule has 0 aliphatic carbocycles. The van der Waals surface area contributed by atoms with Gasteiger partial charge in [-0.15, -0.1) is 0 Å². The number of primary amides is 1. The number of benzene rings is 1. The number of allylic oxidation sites excluding steroid dienone is 1. The highest BCUT2D eigenvalue weighted by Crippen LogP contribution is 2.17. The Bertz CT molecular complexity index is 341. The molecule has 0 saturated carbocycles. The predicted octanol–water partition coefficient (Wildman–Crippen LogP) is 2.22. The monoisotopic (exact) mass is 189 g/mol. The van der Waals surface area contributed by atoms with Gasteiger partial charge in [0.2, 0.25) is 5.91 Å². The molecule has 14 heavy (non-hydrogen) atoms. The van der Waals surface area contributed by atoms with Gasteiger partial charge >= 0.3 is 0 Å². The highest BCUT2D eigenvalue weighted by Gasteiger charge is 2.03. The quantitative estimate of drug-likeness (QED) is 0.728. The van der Waals surface area contributed by atoms with Crippen molar-refractivity contribution in [3.8, 4) is 0 Å². The fraction of sp³-hybridized carbons (Fsp3) is 0.250. The van der Waals surface area contributed by atoms with E-state index >= 15 is 0 Å². The average Bonchev–Trinajstić information content (AvgIpc) is 2.19. The first-order chi connectivity index (χ1) is 6.61. The zero-order valence-electron chi connectivity index (χ0n) is 8.53. The van der Waals surface area contributed by atoms with Crippen molar-refractivity contribution >= 4 is 5.91 Å². The summed E-state index contributed by atoms with van der Waals surface area (Å²) in [6.07, 6.45) is 1.89.